The first kappa shape index (κ1) is 16.0. The van der Waals surface area contributed by atoms with Gasteiger partial charge in [0.15, 0.2) is 0 Å². The summed E-state index contributed by atoms with van der Waals surface area (Å²) in [4.78, 5) is 22.6. The van der Waals surface area contributed by atoms with Crippen LogP contribution >= 0.6 is 0 Å². The molecule has 6 nitrogen and oxygen atoms in total. The van der Waals surface area contributed by atoms with E-state index in [-0.39, 0.29) is 5.91 Å². The van der Waals surface area contributed by atoms with Gasteiger partial charge >= 0.3 is 0 Å². The fourth-order valence-electron chi connectivity index (χ4n) is 3.30. The van der Waals surface area contributed by atoms with E-state index in [1.165, 1.54) is 12.8 Å². The van der Waals surface area contributed by atoms with Crippen molar-refractivity contribution < 1.29 is 4.79 Å². The molecule has 1 aliphatic carbocycles. The second-order valence-electron chi connectivity index (χ2n) is 7.59. The summed E-state index contributed by atoms with van der Waals surface area (Å²) in [5.74, 6) is 2.15. The van der Waals surface area contributed by atoms with Crippen LogP contribution in [-0.4, -0.2) is 35.0 Å². The number of hydrogen-bond donors (Lipinski definition) is 2. The lowest BCUT2D eigenvalue weighted by atomic mass is 9.79. The summed E-state index contributed by atoms with van der Waals surface area (Å²) < 4.78 is 0. The third-order valence-electron chi connectivity index (χ3n) is 4.89. The molecule has 1 aliphatic heterocycles. The highest BCUT2D eigenvalue weighted by Gasteiger charge is 2.31. The van der Waals surface area contributed by atoms with E-state index < -0.39 is 5.41 Å². The summed E-state index contributed by atoms with van der Waals surface area (Å²) in [5, 5.41) is 3.42. The number of nitrogens with two attached hydrogens (primary N) is 1. The van der Waals surface area contributed by atoms with Crippen LogP contribution in [-0.2, 0) is 4.79 Å². The van der Waals surface area contributed by atoms with Crippen LogP contribution in [0.25, 0.3) is 0 Å². The van der Waals surface area contributed by atoms with Gasteiger partial charge in [0, 0.05) is 30.6 Å². The van der Waals surface area contributed by atoms with Crippen molar-refractivity contribution in [3.05, 3.63) is 12.4 Å². The third kappa shape index (κ3) is 4.12. The van der Waals surface area contributed by atoms with Gasteiger partial charge in [0.1, 0.15) is 18.0 Å². The highest BCUT2D eigenvalue weighted by Crippen LogP contribution is 2.32. The fourth-order valence-corrected chi connectivity index (χ4v) is 3.30. The fraction of sp³-hybridized carbons (Fsp3) is 0.706. The van der Waals surface area contributed by atoms with Gasteiger partial charge in [-0.1, -0.05) is 13.8 Å². The number of amides is 1. The number of carbonyl (C=O) groups is 1. The molecule has 1 amide bonds. The van der Waals surface area contributed by atoms with Gasteiger partial charge < -0.3 is 16.0 Å². The van der Waals surface area contributed by atoms with Crippen molar-refractivity contribution in [3.8, 4) is 0 Å². The lowest BCUT2D eigenvalue weighted by molar-refractivity contribution is -0.126. The molecule has 1 aromatic rings. The molecule has 126 valence electrons. The smallest absolute Gasteiger partial charge is 0.223 e. The molecule has 3 rings (SSSR count). The predicted molar refractivity (Wildman–Crippen MR) is 91.2 cm³/mol. The lowest BCUT2D eigenvalue weighted by Crippen LogP contribution is -2.40. The highest BCUT2D eigenvalue weighted by molar-refractivity contribution is 5.79. The highest BCUT2D eigenvalue weighted by atomic mass is 16.1. The second-order valence-corrected chi connectivity index (χ2v) is 7.59. The Hall–Kier alpha value is -1.85. The van der Waals surface area contributed by atoms with E-state index >= 15 is 0 Å². The predicted octanol–water partition coefficient (Wildman–Crippen LogP) is 2.17. The van der Waals surface area contributed by atoms with E-state index in [2.05, 4.69) is 20.2 Å². The van der Waals surface area contributed by atoms with Gasteiger partial charge in [-0.3, -0.25) is 4.79 Å². The second kappa shape index (κ2) is 6.34. The van der Waals surface area contributed by atoms with Gasteiger partial charge in [-0.25, -0.2) is 9.97 Å². The summed E-state index contributed by atoms with van der Waals surface area (Å²) in [5.41, 5.74) is 5.08. The van der Waals surface area contributed by atoms with Gasteiger partial charge in [-0.2, -0.15) is 0 Å². The number of nitrogens with one attached hydrogen (secondary N) is 1. The van der Waals surface area contributed by atoms with Crippen LogP contribution in [0, 0.1) is 11.3 Å². The van der Waals surface area contributed by atoms with Crippen LogP contribution in [0.3, 0.4) is 0 Å². The third-order valence-corrected chi connectivity index (χ3v) is 4.89. The molecule has 0 radical (unpaired) electrons. The van der Waals surface area contributed by atoms with E-state index in [1.807, 2.05) is 19.9 Å². The monoisotopic (exact) mass is 317 g/mol. The number of primary amides is 1. The largest absolute Gasteiger partial charge is 0.369 e. The molecular weight excluding hydrogens is 290 g/mol. The Morgan fingerprint density at radius 3 is 2.87 bits per heavy atom. The topological polar surface area (TPSA) is 84.1 Å². The van der Waals surface area contributed by atoms with E-state index in [0.29, 0.717) is 12.0 Å². The molecular formula is C17H27N5O. The minimum atomic E-state index is -0.446. The van der Waals surface area contributed by atoms with Crippen molar-refractivity contribution in [2.24, 2.45) is 17.1 Å². The molecule has 23 heavy (non-hydrogen) atoms. The Morgan fingerprint density at radius 2 is 2.17 bits per heavy atom. The average molecular weight is 317 g/mol. The van der Waals surface area contributed by atoms with E-state index in [1.54, 1.807) is 6.33 Å². The summed E-state index contributed by atoms with van der Waals surface area (Å²) in [6.07, 6.45) is 7.19. The quantitative estimate of drug-likeness (QED) is 0.840. The standard InChI is InChI=1S/C17H27N5O/c1-17(2,16(18)23)9-12-4-3-7-22(10-12)15-8-14(19-11-20-15)21-13-5-6-13/h8,11-13H,3-7,9-10H2,1-2H3,(H2,18,23)(H,19,20,21). The first-order valence-corrected chi connectivity index (χ1v) is 8.57. The molecule has 1 unspecified atom stereocenters. The Morgan fingerprint density at radius 1 is 1.39 bits per heavy atom. The van der Waals surface area contributed by atoms with Crippen molar-refractivity contribution in [1.82, 2.24) is 9.97 Å². The van der Waals surface area contributed by atoms with Crippen molar-refractivity contribution in [2.45, 2.75) is 52.0 Å². The van der Waals surface area contributed by atoms with Crippen LogP contribution in [0.4, 0.5) is 11.6 Å². The Kier molecular flexibility index (Phi) is 4.41. The normalized spacial score (nSPS) is 22.0. The Labute approximate surface area is 137 Å². The number of anilines is 2. The van der Waals surface area contributed by atoms with Gasteiger partial charge in [-0.05, 0) is 38.0 Å². The molecule has 1 atom stereocenters. The lowest BCUT2D eigenvalue weighted by Gasteiger charge is -2.36. The molecule has 2 aliphatic rings. The number of rotatable bonds is 6. The zero-order valence-electron chi connectivity index (χ0n) is 14.1. The SMILES string of the molecule is CC(C)(CC1CCCN(c2cc(NC3CC3)ncn2)C1)C(N)=O. The number of nitrogens with zero attached hydrogens (tertiary/aromatic N) is 3. The van der Waals surface area contributed by atoms with Crippen molar-refractivity contribution in [3.63, 3.8) is 0 Å². The number of carbonyl (C=O) groups excluding carboxylic acids is 1. The number of hydrogen-bond acceptors (Lipinski definition) is 5. The summed E-state index contributed by atoms with van der Waals surface area (Å²) in [6, 6.07) is 2.63. The molecule has 0 spiro atoms. The van der Waals surface area contributed by atoms with E-state index in [0.717, 1.165) is 44.0 Å². The van der Waals surface area contributed by atoms with Crippen LogP contribution < -0.4 is 16.0 Å². The van der Waals surface area contributed by atoms with E-state index in [9.17, 15) is 4.79 Å². The van der Waals surface area contributed by atoms with Crippen molar-refractivity contribution in [1.29, 1.82) is 0 Å². The summed E-state index contributed by atoms with van der Waals surface area (Å²) in [6.45, 7) is 5.82. The van der Waals surface area contributed by atoms with Crippen LogP contribution in [0.2, 0.25) is 0 Å². The number of piperidine rings is 1. The van der Waals surface area contributed by atoms with Gasteiger partial charge in [0.05, 0.1) is 0 Å². The number of aromatic nitrogens is 2. The Balaban J connectivity index is 1.64. The molecule has 1 saturated heterocycles. The van der Waals surface area contributed by atoms with E-state index in [4.69, 9.17) is 5.73 Å². The molecule has 3 N–H and O–H groups in total. The van der Waals surface area contributed by atoms with Crippen LogP contribution in [0.5, 0.6) is 0 Å². The molecule has 2 heterocycles. The maximum absolute atomic E-state index is 11.6. The first-order valence-electron chi connectivity index (χ1n) is 8.57. The van der Waals surface area contributed by atoms with Crippen LogP contribution in [0.15, 0.2) is 12.4 Å². The maximum Gasteiger partial charge on any atom is 0.223 e. The molecule has 2 fully saturated rings. The zero-order valence-corrected chi connectivity index (χ0v) is 14.1. The molecule has 0 bridgehead atoms. The minimum Gasteiger partial charge on any atom is -0.369 e. The van der Waals surface area contributed by atoms with Crippen LogP contribution in [0.1, 0.15) is 46.0 Å². The zero-order chi connectivity index (χ0) is 16.4. The molecule has 1 saturated carbocycles. The maximum atomic E-state index is 11.6. The molecule has 1 aromatic heterocycles. The summed E-state index contributed by atoms with van der Waals surface area (Å²) >= 11 is 0. The molecule has 6 heteroatoms. The van der Waals surface area contributed by atoms with Gasteiger partial charge in [-0.15, -0.1) is 0 Å². The van der Waals surface area contributed by atoms with Crippen molar-refractivity contribution >= 4 is 17.5 Å². The summed E-state index contributed by atoms with van der Waals surface area (Å²) in [7, 11) is 0. The van der Waals surface area contributed by atoms with Crippen molar-refractivity contribution in [2.75, 3.05) is 23.3 Å². The first-order chi connectivity index (χ1) is 10.9. The van der Waals surface area contributed by atoms with Gasteiger partial charge in [0.2, 0.25) is 5.91 Å². The molecule has 0 aromatic carbocycles. The average Bonchev–Trinajstić information content (AvgIpc) is 3.31. The Bertz CT molecular complexity index is 570. The minimum absolute atomic E-state index is 0.215. The van der Waals surface area contributed by atoms with Gasteiger partial charge in [0.25, 0.3) is 0 Å².